The minimum Gasteiger partial charge on any atom is -0.444 e. The van der Waals surface area contributed by atoms with Gasteiger partial charge in [0.15, 0.2) is 0 Å². The van der Waals surface area contributed by atoms with Gasteiger partial charge >= 0.3 is 12.2 Å². The van der Waals surface area contributed by atoms with E-state index in [2.05, 4.69) is 43.8 Å². The van der Waals surface area contributed by atoms with Crippen molar-refractivity contribution in [3.63, 3.8) is 0 Å². The van der Waals surface area contributed by atoms with E-state index >= 15 is 0 Å². The number of piperidine rings is 2. The van der Waals surface area contributed by atoms with E-state index in [0.717, 1.165) is 65.0 Å². The number of hydrogen-bond donors (Lipinski definition) is 1. The molecule has 0 aromatic carbocycles. The van der Waals surface area contributed by atoms with E-state index in [1.165, 1.54) is 24.5 Å². The molecule has 63 heavy (non-hydrogen) atoms. The standard InChI is InChI=1S/C21H32ClN5O4.C11H15ClN4O2.C10H17NO3/c1-5-15-14-25(19-18(22)12-17(13-23-19)27(29)30)10-11-26(15)16-6-8-24(9-7-16)20(28)31-21(2,3)4;1-2-8-7-15(4-3-13-8)11-10(12)5-9(6-14-11)16(17)18;1-10(2,3)14-9(13)11-6-4-8(12)5-7-11/h12-13,15-16H,5-11,14H2,1-4H3;5-6,8,13H,2-4,7H2,1H3;4-7H2,1-3H3/t15-;8-;/m00./s1. The van der Waals surface area contributed by atoms with Crippen molar-refractivity contribution >= 4 is 64.2 Å². The Morgan fingerprint density at radius 3 is 1.65 bits per heavy atom. The molecule has 4 fully saturated rings. The second-order valence-electron chi connectivity index (χ2n) is 18.0. The molecule has 4 saturated heterocycles. The average molecular weight is 924 g/mol. The highest BCUT2D eigenvalue weighted by Crippen LogP contribution is 2.32. The molecule has 350 valence electrons. The van der Waals surface area contributed by atoms with Gasteiger partial charge in [-0.3, -0.25) is 29.9 Å². The van der Waals surface area contributed by atoms with Crippen LogP contribution < -0.4 is 15.1 Å². The summed E-state index contributed by atoms with van der Waals surface area (Å²) in [6.07, 6.45) is 6.74. The molecule has 0 spiro atoms. The van der Waals surface area contributed by atoms with Crippen LogP contribution in [0, 0.1) is 20.2 Å². The fourth-order valence-electron chi connectivity index (χ4n) is 7.68. The lowest BCUT2D eigenvalue weighted by atomic mass is 9.98. The van der Waals surface area contributed by atoms with Gasteiger partial charge in [-0.05, 0) is 67.2 Å². The molecule has 2 amide bonds. The summed E-state index contributed by atoms with van der Waals surface area (Å²) >= 11 is 12.4. The third-order valence-electron chi connectivity index (χ3n) is 10.9. The molecule has 21 heteroatoms. The van der Waals surface area contributed by atoms with Crippen molar-refractivity contribution in [3.8, 4) is 0 Å². The van der Waals surface area contributed by atoms with Crippen LogP contribution in [-0.2, 0) is 14.3 Å². The minimum absolute atomic E-state index is 0.0778. The van der Waals surface area contributed by atoms with E-state index in [-0.39, 0.29) is 29.3 Å². The second kappa shape index (κ2) is 22.9. The number of aromatic nitrogens is 2. The van der Waals surface area contributed by atoms with Crippen LogP contribution in [0.4, 0.5) is 32.6 Å². The number of carbonyl (C=O) groups excluding carboxylic acids is 3. The van der Waals surface area contributed by atoms with Crippen LogP contribution in [0.15, 0.2) is 24.5 Å². The lowest BCUT2D eigenvalue weighted by molar-refractivity contribution is -0.385. The van der Waals surface area contributed by atoms with Crippen molar-refractivity contribution in [2.45, 2.75) is 123 Å². The van der Waals surface area contributed by atoms with Crippen molar-refractivity contribution in [2.75, 3.05) is 75.2 Å². The van der Waals surface area contributed by atoms with Crippen LogP contribution in [0.1, 0.15) is 93.9 Å². The molecule has 2 atom stereocenters. The van der Waals surface area contributed by atoms with Gasteiger partial charge < -0.3 is 34.4 Å². The summed E-state index contributed by atoms with van der Waals surface area (Å²) in [5, 5.41) is 25.6. The van der Waals surface area contributed by atoms with Crippen LogP contribution in [-0.4, -0.2) is 147 Å². The van der Waals surface area contributed by atoms with E-state index in [1.54, 1.807) is 9.80 Å². The van der Waals surface area contributed by atoms with Gasteiger partial charge in [-0.15, -0.1) is 0 Å². The Hall–Kier alpha value is -4.59. The molecule has 4 aliphatic rings. The number of rotatable bonds is 7. The van der Waals surface area contributed by atoms with Gasteiger partial charge in [-0.2, -0.15) is 0 Å². The molecule has 1 N–H and O–H groups in total. The van der Waals surface area contributed by atoms with Crippen molar-refractivity contribution in [1.29, 1.82) is 0 Å². The third kappa shape index (κ3) is 15.6. The predicted molar refractivity (Wildman–Crippen MR) is 242 cm³/mol. The topological polar surface area (TPSA) is 210 Å². The predicted octanol–water partition coefficient (Wildman–Crippen LogP) is 7.36. The maximum atomic E-state index is 12.3. The van der Waals surface area contributed by atoms with Gasteiger partial charge in [0.2, 0.25) is 0 Å². The summed E-state index contributed by atoms with van der Waals surface area (Å²) in [7, 11) is 0. The normalized spacial score (nSPS) is 20.2. The van der Waals surface area contributed by atoms with Crippen molar-refractivity contribution in [2.24, 2.45) is 0 Å². The molecule has 2 aromatic heterocycles. The lowest BCUT2D eigenvalue weighted by Crippen LogP contribution is -2.59. The first-order valence-electron chi connectivity index (χ1n) is 21.6. The number of anilines is 2. The van der Waals surface area contributed by atoms with Crippen LogP contribution in [0.25, 0.3) is 0 Å². The van der Waals surface area contributed by atoms with Gasteiger partial charge in [0, 0.05) is 109 Å². The Morgan fingerprint density at radius 1 is 0.746 bits per heavy atom. The highest BCUT2D eigenvalue weighted by molar-refractivity contribution is 6.33. The molecule has 4 aliphatic heterocycles. The summed E-state index contributed by atoms with van der Waals surface area (Å²) in [5.41, 5.74) is -1.12. The molecule has 0 aliphatic carbocycles. The molecular weight excluding hydrogens is 859 g/mol. The van der Waals surface area contributed by atoms with E-state index in [9.17, 15) is 34.6 Å². The first-order valence-corrected chi connectivity index (χ1v) is 22.4. The number of ketones is 1. The van der Waals surface area contributed by atoms with E-state index in [4.69, 9.17) is 32.7 Å². The SMILES string of the molecule is CC(C)(C)OC(=O)N1CCC(=O)CC1.CC[C@H]1CN(c2ncc([N+](=O)[O-])cc2Cl)CCN1.CC[C@H]1CN(c2ncc([N+](=O)[O-])cc2Cl)CCN1C1CCN(C(=O)OC(C)(C)C)CC1. The number of likely N-dealkylation sites (tertiary alicyclic amines) is 2. The average Bonchev–Trinajstić information content (AvgIpc) is 3.23. The lowest BCUT2D eigenvalue weighted by Gasteiger charge is -2.47. The number of Topliss-reactive ketones (excluding diaryl/α,β-unsaturated/α-hetero) is 1. The minimum atomic E-state index is -0.491. The first kappa shape index (κ1) is 51.0. The fraction of sp³-hybridized carbons (Fsp3) is 0.690. The number of pyridine rings is 2. The number of nitrogens with zero attached hydrogens (tertiary/aromatic N) is 9. The molecule has 19 nitrogen and oxygen atoms in total. The largest absolute Gasteiger partial charge is 0.444 e. The number of carbonyl (C=O) groups is 3. The van der Waals surface area contributed by atoms with E-state index in [0.29, 0.717) is 78.8 Å². The van der Waals surface area contributed by atoms with E-state index < -0.39 is 21.0 Å². The number of piperazine rings is 2. The number of nitrogens with one attached hydrogen (secondary N) is 1. The Bertz CT molecular complexity index is 1900. The summed E-state index contributed by atoms with van der Waals surface area (Å²) < 4.78 is 10.7. The van der Waals surface area contributed by atoms with Gasteiger partial charge in [0.05, 0.1) is 19.9 Å². The van der Waals surface area contributed by atoms with Crippen molar-refractivity contribution in [3.05, 3.63) is 54.8 Å². The van der Waals surface area contributed by atoms with Gasteiger partial charge in [0.25, 0.3) is 11.4 Å². The van der Waals surface area contributed by atoms with Gasteiger partial charge in [0.1, 0.15) is 41.0 Å². The summed E-state index contributed by atoms with van der Waals surface area (Å²) in [6.45, 7) is 22.7. The molecule has 0 unspecified atom stereocenters. The Kier molecular flexibility index (Phi) is 18.5. The Labute approximate surface area is 380 Å². The quantitative estimate of drug-likeness (QED) is 0.212. The zero-order valence-corrected chi connectivity index (χ0v) is 39.3. The highest BCUT2D eigenvalue weighted by atomic mass is 35.5. The highest BCUT2D eigenvalue weighted by Gasteiger charge is 2.36. The molecule has 6 rings (SSSR count). The summed E-state index contributed by atoms with van der Waals surface area (Å²) in [6, 6.07) is 3.88. The molecule has 2 aromatic rings. The molecular formula is C42H64Cl2N10O9. The maximum absolute atomic E-state index is 12.3. The van der Waals surface area contributed by atoms with Gasteiger partial charge in [-0.1, -0.05) is 37.0 Å². The van der Waals surface area contributed by atoms with Gasteiger partial charge in [-0.25, -0.2) is 19.6 Å². The van der Waals surface area contributed by atoms with Crippen LogP contribution in [0.3, 0.4) is 0 Å². The van der Waals surface area contributed by atoms with Crippen LogP contribution >= 0.6 is 23.2 Å². The molecule has 0 bridgehead atoms. The number of nitro groups is 2. The molecule has 6 heterocycles. The maximum Gasteiger partial charge on any atom is 0.410 e. The zero-order valence-electron chi connectivity index (χ0n) is 37.8. The number of hydrogen-bond acceptors (Lipinski definition) is 15. The smallest absolute Gasteiger partial charge is 0.410 e. The van der Waals surface area contributed by atoms with Crippen LogP contribution in [0.5, 0.6) is 0 Å². The Balaban J connectivity index is 0.000000230. The van der Waals surface area contributed by atoms with Crippen molar-refractivity contribution in [1.82, 2.24) is 30.0 Å². The Morgan fingerprint density at radius 2 is 1.22 bits per heavy atom. The number of ether oxygens (including phenoxy) is 2. The fourth-order valence-corrected chi connectivity index (χ4v) is 8.24. The van der Waals surface area contributed by atoms with Crippen molar-refractivity contribution < 1.29 is 33.7 Å². The second-order valence-corrected chi connectivity index (χ2v) is 18.8. The van der Waals surface area contributed by atoms with Crippen LogP contribution in [0.2, 0.25) is 10.0 Å². The molecule has 0 radical (unpaired) electrons. The monoisotopic (exact) mass is 922 g/mol. The number of amides is 2. The third-order valence-corrected chi connectivity index (χ3v) is 11.5. The molecule has 0 saturated carbocycles. The number of halogens is 2. The zero-order chi connectivity index (χ0) is 46.6. The first-order chi connectivity index (χ1) is 29.6. The van der Waals surface area contributed by atoms with E-state index in [1.807, 2.05) is 41.5 Å². The summed E-state index contributed by atoms with van der Waals surface area (Å²) in [5.74, 6) is 1.46. The summed E-state index contributed by atoms with van der Waals surface area (Å²) in [4.78, 5) is 73.9.